The van der Waals surface area contributed by atoms with Gasteiger partial charge in [-0.05, 0) is 26.0 Å². The molecule has 0 unspecified atom stereocenters. The van der Waals surface area contributed by atoms with E-state index in [1.165, 1.54) is 22.7 Å². The molecule has 46 heavy (non-hydrogen) atoms. The average molecular weight is 661 g/mol. The zero-order valence-electron chi connectivity index (χ0n) is 25.2. The Kier molecular flexibility index (Phi) is 10.4. The Hall–Kier alpha value is -5.48. The lowest BCUT2D eigenvalue weighted by atomic mass is 10.3. The number of pyridine rings is 2. The number of aromatic nitrogens is 8. The van der Waals surface area contributed by atoms with Crippen LogP contribution in [0.5, 0.6) is 11.8 Å². The molecule has 236 valence electrons. The molecule has 0 saturated carbocycles. The Morgan fingerprint density at radius 3 is 1.41 bits per heavy atom. The van der Waals surface area contributed by atoms with Gasteiger partial charge in [0, 0.05) is 36.7 Å². The Balaban J connectivity index is 0.000000181. The zero-order chi connectivity index (χ0) is 32.5. The molecular weight excluding hydrogens is 633 g/mol. The third-order valence-corrected chi connectivity index (χ3v) is 7.70. The van der Waals surface area contributed by atoms with E-state index in [2.05, 4.69) is 30.1 Å². The van der Waals surface area contributed by atoms with Crippen LogP contribution < -0.4 is 9.47 Å². The molecule has 6 aromatic heterocycles. The maximum Gasteiger partial charge on any atom is 0.358 e. The van der Waals surface area contributed by atoms with E-state index in [1.54, 1.807) is 97.5 Å². The van der Waals surface area contributed by atoms with Gasteiger partial charge in [-0.15, -0.1) is 22.7 Å². The van der Waals surface area contributed by atoms with Crippen molar-refractivity contribution in [2.24, 2.45) is 0 Å². The molecule has 0 aliphatic heterocycles. The van der Waals surface area contributed by atoms with Crippen LogP contribution in [0.15, 0.2) is 72.2 Å². The Labute approximate surface area is 271 Å². The van der Waals surface area contributed by atoms with Gasteiger partial charge in [-0.3, -0.25) is 9.97 Å². The minimum Gasteiger partial charge on any atom is -0.481 e. The molecule has 0 spiro atoms. The summed E-state index contributed by atoms with van der Waals surface area (Å²) in [5, 5.41) is 8.70. The lowest BCUT2D eigenvalue weighted by molar-refractivity contribution is 0.0509. The SMILES string of the molecule is CCOC(=O)c1cc(-c2cncs2)n(-c2ccc(OC)nc2)n1.CCOC(=O)c1cc(-c2cncs2)n(-c2ccc(OC)nc2)n1. The molecule has 6 rings (SSSR count). The second-order valence-corrected chi connectivity index (χ2v) is 10.7. The number of carbonyl (C=O) groups is 2. The normalized spacial score (nSPS) is 10.5. The van der Waals surface area contributed by atoms with E-state index < -0.39 is 11.9 Å². The van der Waals surface area contributed by atoms with Crippen molar-refractivity contribution >= 4 is 34.6 Å². The molecule has 0 saturated heterocycles. The minimum atomic E-state index is -0.460. The van der Waals surface area contributed by atoms with Gasteiger partial charge in [0.1, 0.15) is 0 Å². The largest absolute Gasteiger partial charge is 0.481 e. The van der Waals surface area contributed by atoms with Gasteiger partial charge in [0.25, 0.3) is 0 Å². The molecule has 0 N–H and O–H groups in total. The van der Waals surface area contributed by atoms with Gasteiger partial charge < -0.3 is 18.9 Å². The van der Waals surface area contributed by atoms with Crippen molar-refractivity contribution in [3.63, 3.8) is 0 Å². The summed E-state index contributed by atoms with van der Waals surface area (Å²) < 4.78 is 23.5. The molecule has 0 aromatic carbocycles. The predicted octanol–water partition coefficient (Wildman–Crippen LogP) is 5.15. The van der Waals surface area contributed by atoms with Gasteiger partial charge in [0.15, 0.2) is 11.4 Å². The summed E-state index contributed by atoms with van der Waals surface area (Å²) >= 11 is 2.92. The molecular formula is C30H28N8O6S2. The Morgan fingerprint density at radius 2 is 1.11 bits per heavy atom. The van der Waals surface area contributed by atoms with E-state index in [4.69, 9.17) is 18.9 Å². The molecule has 6 heterocycles. The van der Waals surface area contributed by atoms with E-state index in [9.17, 15) is 9.59 Å². The molecule has 14 nitrogen and oxygen atoms in total. The zero-order valence-corrected chi connectivity index (χ0v) is 26.8. The quantitative estimate of drug-likeness (QED) is 0.178. The maximum atomic E-state index is 12.0. The van der Waals surface area contributed by atoms with Crippen molar-refractivity contribution in [1.29, 1.82) is 0 Å². The van der Waals surface area contributed by atoms with Crippen LogP contribution >= 0.6 is 22.7 Å². The molecule has 0 aliphatic rings. The minimum absolute atomic E-state index is 0.242. The molecule has 0 aliphatic carbocycles. The summed E-state index contributed by atoms with van der Waals surface area (Å²) in [5.74, 6) is 0.0914. The first-order valence-corrected chi connectivity index (χ1v) is 15.5. The molecule has 0 fully saturated rings. The first-order valence-electron chi connectivity index (χ1n) is 13.8. The van der Waals surface area contributed by atoms with Crippen molar-refractivity contribution in [1.82, 2.24) is 39.5 Å². The molecule has 0 bridgehead atoms. The molecule has 16 heteroatoms. The van der Waals surface area contributed by atoms with Gasteiger partial charge >= 0.3 is 11.9 Å². The summed E-state index contributed by atoms with van der Waals surface area (Å²) in [6, 6.07) is 10.5. The van der Waals surface area contributed by atoms with E-state index >= 15 is 0 Å². The summed E-state index contributed by atoms with van der Waals surface area (Å²) in [4.78, 5) is 42.2. The second-order valence-electron chi connectivity index (χ2n) is 8.94. The number of hydrogen-bond acceptors (Lipinski definition) is 14. The van der Waals surface area contributed by atoms with Gasteiger partial charge in [-0.2, -0.15) is 10.2 Å². The van der Waals surface area contributed by atoms with Gasteiger partial charge in [0.2, 0.25) is 11.8 Å². The number of rotatable bonds is 10. The molecule has 6 aromatic rings. The van der Waals surface area contributed by atoms with E-state index in [1.807, 2.05) is 12.1 Å². The fourth-order valence-corrected chi connectivity index (χ4v) is 5.28. The van der Waals surface area contributed by atoms with Crippen LogP contribution in [0.3, 0.4) is 0 Å². The smallest absolute Gasteiger partial charge is 0.358 e. The number of methoxy groups -OCH3 is 2. The van der Waals surface area contributed by atoms with Crippen LogP contribution in [0.25, 0.3) is 32.5 Å². The molecule has 0 amide bonds. The van der Waals surface area contributed by atoms with Crippen LogP contribution in [0.4, 0.5) is 0 Å². The Bertz CT molecular complexity index is 1730. The Morgan fingerprint density at radius 1 is 0.674 bits per heavy atom. The highest BCUT2D eigenvalue weighted by atomic mass is 32.1. The van der Waals surface area contributed by atoms with Crippen molar-refractivity contribution in [2.45, 2.75) is 13.8 Å². The van der Waals surface area contributed by atoms with Gasteiger partial charge in [0.05, 0.1) is 83.4 Å². The van der Waals surface area contributed by atoms with Gasteiger partial charge in [-0.1, -0.05) is 0 Å². The summed E-state index contributed by atoms with van der Waals surface area (Å²) in [6.07, 6.45) is 6.71. The van der Waals surface area contributed by atoms with E-state index in [0.717, 1.165) is 21.1 Å². The van der Waals surface area contributed by atoms with Crippen LogP contribution in [-0.4, -0.2) is 78.9 Å². The highest BCUT2D eigenvalue weighted by Crippen LogP contribution is 2.29. The summed E-state index contributed by atoms with van der Waals surface area (Å²) in [7, 11) is 3.11. The summed E-state index contributed by atoms with van der Waals surface area (Å²) in [5.41, 5.74) is 6.86. The number of carbonyl (C=O) groups excluding carboxylic acids is 2. The van der Waals surface area contributed by atoms with Crippen LogP contribution in [0.2, 0.25) is 0 Å². The highest BCUT2D eigenvalue weighted by molar-refractivity contribution is 7.13. The number of esters is 2. The fraction of sp³-hybridized carbons (Fsp3) is 0.200. The van der Waals surface area contributed by atoms with Crippen molar-refractivity contribution in [3.8, 4) is 44.3 Å². The number of hydrogen-bond donors (Lipinski definition) is 0. The van der Waals surface area contributed by atoms with Crippen LogP contribution in [-0.2, 0) is 9.47 Å². The monoisotopic (exact) mass is 660 g/mol. The lowest BCUT2D eigenvalue weighted by Crippen LogP contribution is -2.07. The number of nitrogens with zero attached hydrogens (tertiary/aromatic N) is 8. The third-order valence-electron chi connectivity index (χ3n) is 6.11. The number of ether oxygens (including phenoxy) is 4. The third kappa shape index (κ3) is 7.24. The summed E-state index contributed by atoms with van der Waals surface area (Å²) in [6.45, 7) is 4.11. The fourth-order valence-electron chi connectivity index (χ4n) is 4.04. The van der Waals surface area contributed by atoms with Crippen LogP contribution in [0, 0.1) is 0 Å². The molecule has 0 radical (unpaired) electrons. The van der Waals surface area contributed by atoms with Crippen molar-refractivity contribution < 1.29 is 28.5 Å². The average Bonchev–Trinajstić information content (AvgIpc) is 3.92. The lowest BCUT2D eigenvalue weighted by Gasteiger charge is -2.06. The van der Waals surface area contributed by atoms with E-state index in [0.29, 0.717) is 36.3 Å². The number of thiazole rings is 2. The first-order chi connectivity index (χ1) is 22.4. The van der Waals surface area contributed by atoms with Crippen molar-refractivity contribution in [2.75, 3.05) is 27.4 Å². The van der Waals surface area contributed by atoms with Crippen molar-refractivity contribution in [3.05, 3.63) is 83.6 Å². The molecule has 0 atom stereocenters. The standard InChI is InChI=1S/2C15H14N4O3S/c2*1-3-22-15(20)11-6-12(13-8-16-9-23-13)19(18-11)10-4-5-14(21-2)17-7-10/h2*4-9H,3H2,1-2H3. The second kappa shape index (κ2) is 15.0. The maximum absolute atomic E-state index is 12.0. The highest BCUT2D eigenvalue weighted by Gasteiger charge is 2.20. The van der Waals surface area contributed by atoms with Gasteiger partial charge in [-0.25, -0.2) is 28.9 Å². The first kappa shape index (κ1) is 31.9. The predicted molar refractivity (Wildman–Crippen MR) is 170 cm³/mol. The van der Waals surface area contributed by atoms with E-state index in [-0.39, 0.29) is 11.4 Å². The van der Waals surface area contributed by atoms with Crippen LogP contribution in [0.1, 0.15) is 34.8 Å². The topological polar surface area (TPSA) is 158 Å².